The highest BCUT2D eigenvalue weighted by Gasteiger charge is 2.15. The van der Waals surface area contributed by atoms with Gasteiger partial charge in [-0.1, -0.05) is 73.7 Å². The first-order valence-electron chi connectivity index (χ1n) is 12.9. The molecule has 0 spiro atoms. The average molecular weight is 534 g/mol. The average Bonchev–Trinajstić information content (AvgIpc) is 3.65. The van der Waals surface area contributed by atoms with Crippen LogP contribution in [-0.2, 0) is 0 Å². The van der Waals surface area contributed by atoms with Crippen LogP contribution in [0.1, 0.15) is 25.8 Å². The van der Waals surface area contributed by atoms with Crippen LogP contribution in [0.15, 0.2) is 95.9 Å². The monoisotopic (exact) mass is 533 g/mol. The van der Waals surface area contributed by atoms with E-state index >= 15 is 0 Å². The maximum Gasteiger partial charge on any atom is 0.291 e. The van der Waals surface area contributed by atoms with Gasteiger partial charge in [0.25, 0.3) is 5.56 Å². The molecule has 3 aromatic heterocycles. The van der Waals surface area contributed by atoms with Gasteiger partial charge in [-0.3, -0.25) is 4.79 Å². The molecular formula is C31H27N5O2S. The minimum absolute atomic E-state index is 0.197. The molecule has 8 heteroatoms. The normalized spacial score (nSPS) is 12.0. The number of aromatic nitrogens is 5. The van der Waals surface area contributed by atoms with Crippen LogP contribution in [0.4, 0.5) is 0 Å². The molecule has 6 aromatic rings. The first kappa shape index (κ1) is 24.8. The van der Waals surface area contributed by atoms with Crippen LogP contribution in [0, 0.1) is 5.92 Å². The van der Waals surface area contributed by atoms with Crippen molar-refractivity contribution >= 4 is 22.4 Å². The van der Waals surface area contributed by atoms with E-state index in [0.29, 0.717) is 27.8 Å². The second kappa shape index (κ2) is 10.7. The molecule has 0 aliphatic heterocycles. The molecule has 0 aliphatic carbocycles. The highest BCUT2D eigenvalue weighted by molar-refractivity contribution is 7.15. The minimum atomic E-state index is -0.197. The number of nitrogens with zero attached hydrogens (tertiary/aromatic N) is 5. The Hall–Kier alpha value is -4.56. The Bertz CT molecular complexity index is 1820. The smallest absolute Gasteiger partial charge is 0.291 e. The summed E-state index contributed by atoms with van der Waals surface area (Å²) in [6, 6.07) is 27.5. The zero-order valence-corrected chi connectivity index (χ0v) is 22.5. The van der Waals surface area contributed by atoms with Gasteiger partial charge >= 0.3 is 0 Å². The Balaban J connectivity index is 1.39. The third-order valence-corrected chi connectivity index (χ3v) is 7.31. The summed E-state index contributed by atoms with van der Waals surface area (Å²) in [6.45, 7) is 5.06. The van der Waals surface area contributed by atoms with Crippen molar-refractivity contribution < 1.29 is 4.74 Å². The van der Waals surface area contributed by atoms with Crippen molar-refractivity contribution in [3.05, 3.63) is 112 Å². The summed E-state index contributed by atoms with van der Waals surface area (Å²) < 4.78 is 9.66. The van der Waals surface area contributed by atoms with E-state index < -0.39 is 0 Å². The summed E-state index contributed by atoms with van der Waals surface area (Å²) in [5.41, 5.74) is 4.15. The van der Waals surface area contributed by atoms with E-state index in [1.54, 1.807) is 0 Å². The molecule has 0 saturated heterocycles. The van der Waals surface area contributed by atoms with Gasteiger partial charge in [0, 0.05) is 22.9 Å². The molecular weight excluding hydrogens is 506 g/mol. The van der Waals surface area contributed by atoms with Crippen LogP contribution in [0.2, 0.25) is 0 Å². The van der Waals surface area contributed by atoms with Crippen molar-refractivity contribution in [3.8, 4) is 34.1 Å². The molecule has 0 aliphatic rings. The van der Waals surface area contributed by atoms with Crippen molar-refractivity contribution in [3.63, 3.8) is 0 Å². The highest BCUT2D eigenvalue weighted by atomic mass is 32.1. The summed E-state index contributed by atoms with van der Waals surface area (Å²) in [4.78, 5) is 18.5. The fourth-order valence-electron chi connectivity index (χ4n) is 4.24. The first-order chi connectivity index (χ1) is 19.0. The highest BCUT2D eigenvalue weighted by Crippen LogP contribution is 2.27. The molecule has 3 aromatic carbocycles. The largest absolute Gasteiger partial charge is 0.494 e. The third-order valence-electron chi connectivity index (χ3n) is 6.36. The summed E-state index contributed by atoms with van der Waals surface area (Å²) >= 11 is 1.32. The van der Waals surface area contributed by atoms with Crippen molar-refractivity contribution in [1.82, 2.24) is 24.4 Å². The molecule has 0 N–H and O–H groups in total. The number of hydrogen-bond donors (Lipinski definition) is 0. The number of ether oxygens (including phenoxy) is 1. The maximum atomic E-state index is 13.3. The van der Waals surface area contributed by atoms with Crippen LogP contribution < -0.4 is 14.8 Å². The van der Waals surface area contributed by atoms with Gasteiger partial charge in [0.05, 0.1) is 16.8 Å². The number of para-hydroxylation sites is 1. The minimum Gasteiger partial charge on any atom is -0.494 e. The first-order valence-corrected chi connectivity index (χ1v) is 13.7. The van der Waals surface area contributed by atoms with E-state index in [0.717, 1.165) is 40.2 Å². The van der Waals surface area contributed by atoms with E-state index in [4.69, 9.17) is 9.84 Å². The fraction of sp³-hybridized carbons (Fsp3) is 0.161. The predicted octanol–water partition coefficient (Wildman–Crippen LogP) is 5.64. The lowest BCUT2D eigenvalue weighted by atomic mass is 10.1. The van der Waals surface area contributed by atoms with Gasteiger partial charge in [-0.2, -0.15) is 14.6 Å². The molecule has 0 atom stereocenters. The SMILES string of the molecule is CC(C)CCOc1ccc(-c2nn(-c3ccccc3)cc2/C=c2\sc3nc(-c4ccccc4)nn3c2=O)cc1. The summed E-state index contributed by atoms with van der Waals surface area (Å²) in [5, 5.41) is 9.37. The molecule has 0 radical (unpaired) electrons. The summed E-state index contributed by atoms with van der Waals surface area (Å²) in [5.74, 6) is 1.96. The van der Waals surface area contributed by atoms with Crippen LogP contribution >= 0.6 is 11.3 Å². The molecule has 0 unspecified atom stereocenters. The van der Waals surface area contributed by atoms with Gasteiger partial charge in [0.15, 0.2) is 5.82 Å². The van der Waals surface area contributed by atoms with Crippen LogP contribution in [0.5, 0.6) is 5.75 Å². The summed E-state index contributed by atoms with van der Waals surface area (Å²) in [6.07, 6.45) is 4.83. The third kappa shape index (κ3) is 5.24. The Labute approximate surface area is 229 Å². The number of fused-ring (bicyclic) bond motifs is 1. The topological polar surface area (TPSA) is 74.3 Å². The van der Waals surface area contributed by atoms with Gasteiger partial charge in [0.1, 0.15) is 11.4 Å². The molecule has 0 bridgehead atoms. The van der Waals surface area contributed by atoms with Gasteiger partial charge in [0.2, 0.25) is 4.96 Å². The van der Waals surface area contributed by atoms with E-state index in [2.05, 4.69) is 23.9 Å². The molecule has 0 fully saturated rings. The van der Waals surface area contributed by atoms with Gasteiger partial charge < -0.3 is 4.74 Å². The molecule has 39 heavy (non-hydrogen) atoms. The van der Waals surface area contributed by atoms with E-state index in [1.807, 2.05) is 102 Å². The zero-order chi connectivity index (χ0) is 26.8. The maximum absolute atomic E-state index is 13.3. The van der Waals surface area contributed by atoms with E-state index in [-0.39, 0.29) is 5.56 Å². The van der Waals surface area contributed by atoms with E-state index in [1.165, 1.54) is 15.9 Å². The van der Waals surface area contributed by atoms with Crippen LogP contribution in [-0.4, -0.2) is 31.0 Å². The summed E-state index contributed by atoms with van der Waals surface area (Å²) in [7, 11) is 0. The Kier molecular flexibility index (Phi) is 6.77. The number of thiazole rings is 1. The fourth-order valence-corrected chi connectivity index (χ4v) is 5.13. The second-order valence-electron chi connectivity index (χ2n) is 9.68. The number of hydrogen-bond acceptors (Lipinski definition) is 6. The van der Waals surface area contributed by atoms with Gasteiger partial charge in [-0.15, -0.1) is 5.10 Å². The molecule has 194 valence electrons. The van der Waals surface area contributed by atoms with Crippen molar-refractivity contribution in [1.29, 1.82) is 0 Å². The van der Waals surface area contributed by atoms with Crippen molar-refractivity contribution in [2.24, 2.45) is 5.92 Å². The molecule has 0 saturated carbocycles. The van der Waals surface area contributed by atoms with Crippen LogP contribution in [0.3, 0.4) is 0 Å². The van der Waals surface area contributed by atoms with Crippen molar-refractivity contribution in [2.45, 2.75) is 20.3 Å². The number of benzene rings is 3. The zero-order valence-electron chi connectivity index (χ0n) is 21.7. The lowest BCUT2D eigenvalue weighted by molar-refractivity contribution is 0.289. The molecule has 3 heterocycles. The molecule has 6 rings (SSSR count). The standard InChI is InChI=1S/C31H27N5O2S/c1-21(2)17-18-38-26-15-13-22(14-16-26)28-24(20-35(33-28)25-11-7-4-8-12-25)19-27-30(37)36-31(39-27)32-29(34-36)23-9-5-3-6-10-23/h3-16,19-21H,17-18H2,1-2H3/b27-19-. The second-order valence-corrected chi connectivity index (χ2v) is 10.7. The predicted molar refractivity (Wildman–Crippen MR) is 155 cm³/mol. The number of rotatable bonds is 8. The van der Waals surface area contributed by atoms with Crippen LogP contribution in [0.25, 0.3) is 39.4 Å². The lowest BCUT2D eigenvalue weighted by Crippen LogP contribution is -2.23. The Morgan fingerprint density at radius 2 is 1.62 bits per heavy atom. The quantitative estimate of drug-likeness (QED) is 0.253. The van der Waals surface area contributed by atoms with Gasteiger partial charge in [-0.25, -0.2) is 4.68 Å². The molecule has 7 nitrogen and oxygen atoms in total. The lowest BCUT2D eigenvalue weighted by Gasteiger charge is -2.08. The van der Waals surface area contributed by atoms with E-state index in [9.17, 15) is 4.79 Å². The van der Waals surface area contributed by atoms with Crippen molar-refractivity contribution in [2.75, 3.05) is 6.61 Å². The molecule has 0 amide bonds. The Morgan fingerprint density at radius 3 is 2.31 bits per heavy atom. The Morgan fingerprint density at radius 1 is 0.897 bits per heavy atom. The van der Waals surface area contributed by atoms with Gasteiger partial charge in [-0.05, 0) is 54.8 Å².